The molecule has 0 aliphatic rings. The Morgan fingerprint density at radius 3 is 2.46 bits per heavy atom. The number of anilines is 3. The van der Waals surface area contributed by atoms with Gasteiger partial charge in [0.25, 0.3) is 0 Å². The van der Waals surface area contributed by atoms with Gasteiger partial charge in [0.05, 0.1) is 12.8 Å². The lowest BCUT2D eigenvalue weighted by molar-refractivity contribution is 0.417. The van der Waals surface area contributed by atoms with Gasteiger partial charge in [0.15, 0.2) is 0 Å². The van der Waals surface area contributed by atoms with E-state index >= 15 is 0 Å². The topological polar surface area (TPSA) is 50.3 Å². The van der Waals surface area contributed by atoms with Gasteiger partial charge in [-0.3, -0.25) is 0 Å². The van der Waals surface area contributed by atoms with E-state index in [1.807, 2.05) is 36.4 Å². The van der Waals surface area contributed by atoms with Gasteiger partial charge in [-0.15, -0.1) is 0 Å². The van der Waals surface area contributed by atoms with Gasteiger partial charge in [0.2, 0.25) is 5.95 Å². The quantitative estimate of drug-likeness (QED) is 0.674. The second-order valence-corrected chi connectivity index (χ2v) is 6.27. The fraction of sp³-hybridized carbons (Fsp3) is 0.238. The number of hydrogen-bond acceptors (Lipinski definition) is 5. The highest BCUT2D eigenvalue weighted by Crippen LogP contribution is 2.26. The molecule has 26 heavy (non-hydrogen) atoms. The van der Waals surface area contributed by atoms with Crippen molar-refractivity contribution in [2.75, 3.05) is 17.3 Å². The fourth-order valence-electron chi connectivity index (χ4n) is 2.75. The molecule has 3 aromatic rings. The van der Waals surface area contributed by atoms with E-state index in [1.165, 1.54) is 5.56 Å². The summed E-state index contributed by atoms with van der Waals surface area (Å²) in [7, 11) is 1.65. The molecule has 2 aromatic carbocycles. The number of aromatic nitrogens is 2. The summed E-state index contributed by atoms with van der Waals surface area (Å²) in [5.41, 5.74) is 2.09. The Balaban J connectivity index is 1.84. The zero-order valence-corrected chi connectivity index (χ0v) is 15.4. The average molecular weight is 348 g/mol. The molecule has 0 bridgehead atoms. The number of nitrogens with zero attached hydrogens (tertiary/aromatic N) is 3. The average Bonchev–Trinajstić information content (AvgIpc) is 2.67. The van der Waals surface area contributed by atoms with Gasteiger partial charge in [-0.25, -0.2) is 4.98 Å². The molecule has 0 fully saturated rings. The first-order valence-electron chi connectivity index (χ1n) is 8.71. The van der Waals surface area contributed by atoms with E-state index in [4.69, 9.17) is 9.72 Å². The molecule has 134 valence electrons. The Labute approximate surface area is 154 Å². The van der Waals surface area contributed by atoms with Crippen LogP contribution in [0.1, 0.15) is 19.4 Å². The maximum Gasteiger partial charge on any atom is 0.229 e. The molecule has 1 aromatic heterocycles. The SMILES string of the molecule is COc1ccccc1Nc1nccc(N(Cc2ccccc2)C(C)C)n1. The molecular weight excluding hydrogens is 324 g/mol. The number of rotatable bonds is 7. The van der Waals surface area contributed by atoms with Crippen molar-refractivity contribution >= 4 is 17.5 Å². The van der Waals surface area contributed by atoms with Crippen LogP contribution in [-0.2, 0) is 6.54 Å². The lowest BCUT2D eigenvalue weighted by Crippen LogP contribution is -2.31. The van der Waals surface area contributed by atoms with Crippen molar-refractivity contribution in [1.82, 2.24) is 9.97 Å². The number of ether oxygens (including phenoxy) is 1. The lowest BCUT2D eigenvalue weighted by Gasteiger charge is -2.28. The number of para-hydroxylation sites is 2. The molecule has 0 amide bonds. The molecule has 5 nitrogen and oxygen atoms in total. The van der Waals surface area contributed by atoms with E-state index in [0.29, 0.717) is 12.0 Å². The highest BCUT2D eigenvalue weighted by Gasteiger charge is 2.14. The van der Waals surface area contributed by atoms with Crippen LogP contribution in [0.15, 0.2) is 66.9 Å². The van der Waals surface area contributed by atoms with Gasteiger partial charge in [-0.2, -0.15) is 4.98 Å². The van der Waals surface area contributed by atoms with Crippen LogP contribution in [0.3, 0.4) is 0 Å². The van der Waals surface area contributed by atoms with Crippen LogP contribution >= 0.6 is 0 Å². The first-order valence-corrected chi connectivity index (χ1v) is 8.71. The summed E-state index contributed by atoms with van der Waals surface area (Å²) in [5, 5.41) is 3.25. The summed E-state index contributed by atoms with van der Waals surface area (Å²) in [6.45, 7) is 5.13. The number of methoxy groups -OCH3 is 1. The first kappa shape index (κ1) is 17.7. The second kappa shape index (κ2) is 8.34. The van der Waals surface area contributed by atoms with Crippen molar-refractivity contribution < 1.29 is 4.74 Å². The predicted octanol–water partition coefficient (Wildman–Crippen LogP) is 4.64. The monoisotopic (exact) mass is 348 g/mol. The molecule has 3 rings (SSSR count). The van der Waals surface area contributed by atoms with E-state index in [2.05, 4.69) is 53.3 Å². The zero-order chi connectivity index (χ0) is 18.4. The van der Waals surface area contributed by atoms with Gasteiger partial charge in [-0.05, 0) is 37.6 Å². The van der Waals surface area contributed by atoms with Crippen LogP contribution in [0.2, 0.25) is 0 Å². The van der Waals surface area contributed by atoms with Crippen LogP contribution in [0.5, 0.6) is 5.75 Å². The molecule has 0 aliphatic carbocycles. The highest BCUT2D eigenvalue weighted by molar-refractivity contribution is 5.63. The van der Waals surface area contributed by atoms with Crippen LogP contribution in [0.4, 0.5) is 17.5 Å². The molecule has 0 spiro atoms. The molecule has 0 aliphatic heterocycles. The zero-order valence-electron chi connectivity index (χ0n) is 15.4. The Hall–Kier alpha value is -3.08. The van der Waals surface area contributed by atoms with E-state index in [1.54, 1.807) is 13.3 Å². The number of nitrogens with one attached hydrogen (secondary N) is 1. The van der Waals surface area contributed by atoms with Crippen LogP contribution < -0.4 is 15.0 Å². The molecule has 0 atom stereocenters. The summed E-state index contributed by atoms with van der Waals surface area (Å²) >= 11 is 0. The van der Waals surface area contributed by atoms with Gasteiger partial charge in [0.1, 0.15) is 11.6 Å². The lowest BCUT2D eigenvalue weighted by atomic mass is 10.2. The molecule has 0 radical (unpaired) electrons. The van der Waals surface area contributed by atoms with Crippen molar-refractivity contribution in [3.8, 4) is 5.75 Å². The Morgan fingerprint density at radius 1 is 1.00 bits per heavy atom. The first-order chi connectivity index (χ1) is 12.7. The third-order valence-electron chi connectivity index (χ3n) is 4.11. The van der Waals surface area contributed by atoms with Crippen LogP contribution in [0, 0.1) is 0 Å². The van der Waals surface area contributed by atoms with Crippen molar-refractivity contribution in [3.63, 3.8) is 0 Å². The molecular formula is C21H24N4O. The van der Waals surface area contributed by atoms with Crippen molar-refractivity contribution in [1.29, 1.82) is 0 Å². The minimum atomic E-state index is 0.309. The molecule has 1 heterocycles. The van der Waals surface area contributed by atoms with E-state index in [0.717, 1.165) is 23.8 Å². The van der Waals surface area contributed by atoms with Gasteiger partial charge in [-0.1, -0.05) is 42.5 Å². The maximum atomic E-state index is 5.38. The third kappa shape index (κ3) is 4.30. The highest BCUT2D eigenvalue weighted by atomic mass is 16.5. The third-order valence-corrected chi connectivity index (χ3v) is 4.11. The van der Waals surface area contributed by atoms with Crippen molar-refractivity contribution in [3.05, 3.63) is 72.4 Å². The summed E-state index contributed by atoms with van der Waals surface area (Å²) in [6, 6.07) is 20.4. The minimum absolute atomic E-state index is 0.309. The second-order valence-electron chi connectivity index (χ2n) is 6.27. The molecule has 5 heteroatoms. The molecule has 0 saturated carbocycles. The molecule has 1 N–H and O–H groups in total. The van der Waals surface area contributed by atoms with Gasteiger partial charge in [0, 0.05) is 18.8 Å². The Morgan fingerprint density at radius 2 is 1.73 bits per heavy atom. The number of hydrogen-bond donors (Lipinski definition) is 1. The summed E-state index contributed by atoms with van der Waals surface area (Å²) < 4.78 is 5.38. The summed E-state index contributed by atoms with van der Waals surface area (Å²) in [4.78, 5) is 11.3. The van der Waals surface area contributed by atoms with Gasteiger partial charge >= 0.3 is 0 Å². The Kier molecular flexibility index (Phi) is 5.69. The van der Waals surface area contributed by atoms with Crippen molar-refractivity contribution in [2.24, 2.45) is 0 Å². The summed E-state index contributed by atoms with van der Waals surface area (Å²) in [5.74, 6) is 2.19. The molecule has 0 saturated heterocycles. The fourth-order valence-corrected chi connectivity index (χ4v) is 2.75. The van der Waals surface area contributed by atoms with Crippen LogP contribution in [0.25, 0.3) is 0 Å². The minimum Gasteiger partial charge on any atom is -0.495 e. The van der Waals surface area contributed by atoms with E-state index in [9.17, 15) is 0 Å². The largest absolute Gasteiger partial charge is 0.495 e. The smallest absolute Gasteiger partial charge is 0.229 e. The standard InChI is InChI=1S/C21H24N4O/c1-16(2)25(15-17-9-5-4-6-10-17)20-13-14-22-21(24-20)23-18-11-7-8-12-19(18)26-3/h4-14,16H,15H2,1-3H3,(H,22,23,24). The normalized spacial score (nSPS) is 10.6. The van der Waals surface area contributed by atoms with E-state index < -0.39 is 0 Å². The predicted molar refractivity (Wildman–Crippen MR) is 106 cm³/mol. The maximum absolute atomic E-state index is 5.38. The van der Waals surface area contributed by atoms with Gasteiger partial charge < -0.3 is 15.0 Å². The number of benzene rings is 2. The Bertz CT molecular complexity index is 836. The van der Waals surface area contributed by atoms with Crippen LogP contribution in [-0.4, -0.2) is 23.1 Å². The van der Waals surface area contributed by atoms with E-state index in [-0.39, 0.29) is 0 Å². The molecule has 0 unspecified atom stereocenters. The summed E-state index contributed by atoms with van der Waals surface area (Å²) in [6.07, 6.45) is 1.78. The van der Waals surface area contributed by atoms with Crippen molar-refractivity contribution in [2.45, 2.75) is 26.4 Å².